The van der Waals surface area contributed by atoms with Gasteiger partial charge in [-0.25, -0.2) is 9.59 Å². The number of hydrogen-bond donors (Lipinski definition) is 3. The van der Waals surface area contributed by atoms with Gasteiger partial charge in [0.15, 0.2) is 0 Å². The molecule has 0 saturated carbocycles. The van der Waals surface area contributed by atoms with Crippen molar-refractivity contribution in [1.29, 1.82) is 0 Å². The minimum absolute atomic E-state index is 0.190. The maximum atomic E-state index is 13.2. The quantitative estimate of drug-likeness (QED) is 0.385. The predicted octanol–water partition coefficient (Wildman–Crippen LogP) is 4.58. The molecule has 0 saturated heterocycles. The summed E-state index contributed by atoms with van der Waals surface area (Å²) < 4.78 is 0. The molecule has 0 aliphatic heterocycles. The highest BCUT2D eigenvalue weighted by atomic mass is 16.4. The van der Waals surface area contributed by atoms with Crippen LogP contribution in [0.4, 0.5) is 4.79 Å². The van der Waals surface area contributed by atoms with Crippen LogP contribution >= 0.6 is 0 Å². The number of nitrogens with zero attached hydrogens (tertiary/aromatic N) is 1. The summed E-state index contributed by atoms with van der Waals surface area (Å²) >= 11 is 0. The van der Waals surface area contributed by atoms with E-state index in [1.807, 2.05) is 84.9 Å². The highest BCUT2D eigenvalue weighted by molar-refractivity contribution is 5.86. The molecule has 32 heavy (non-hydrogen) atoms. The number of rotatable bonds is 8. The fourth-order valence-corrected chi connectivity index (χ4v) is 3.77. The highest BCUT2D eigenvalue weighted by Gasteiger charge is 2.25. The van der Waals surface area contributed by atoms with E-state index in [4.69, 9.17) is 0 Å². The van der Waals surface area contributed by atoms with Crippen LogP contribution < -0.4 is 5.32 Å². The van der Waals surface area contributed by atoms with Gasteiger partial charge in [0, 0.05) is 36.6 Å². The SMILES string of the molecule is O=C(O)C(Cc1c[nH]c2ccccc12)NC(=O)N(Cc1ccccc1)Cc1ccccc1. The molecule has 6 heteroatoms. The Balaban J connectivity index is 1.53. The minimum Gasteiger partial charge on any atom is -0.480 e. The lowest BCUT2D eigenvalue weighted by Gasteiger charge is -2.25. The third-order valence-electron chi connectivity index (χ3n) is 5.41. The summed E-state index contributed by atoms with van der Waals surface area (Å²) in [7, 11) is 0. The van der Waals surface area contributed by atoms with Gasteiger partial charge in [0.05, 0.1) is 0 Å². The summed E-state index contributed by atoms with van der Waals surface area (Å²) in [5, 5.41) is 13.5. The Morgan fingerprint density at radius 2 is 1.41 bits per heavy atom. The van der Waals surface area contributed by atoms with Crippen LogP contribution in [0, 0.1) is 0 Å². The molecule has 1 unspecified atom stereocenters. The molecule has 0 radical (unpaired) electrons. The van der Waals surface area contributed by atoms with Gasteiger partial charge in [-0.05, 0) is 22.8 Å². The average molecular weight is 428 g/mol. The molecule has 0 bridgehead atoms. The number of benzene rings is 3. The van der Waals surface area contributed by atoms with Crippen molar-refractivity contribution in [3.8, 4) is 0 Å². The number of urea groups is 1. The predicted molar refractivity (Wildman–Crippen MR) is 124 cm³/mol. The monoisotopic (exact) mass is 427 g/mol. The second kappa shape index (κ2) is 9.83. The number of fused-ring (bicyclic) bond motifs is 1. The molecule has 3 N–H and O–H groups in total. The topological polar surface area (TPSA) is 85.4 Å². The van der Waals surface area contributed by atoms with Crippen molar-refractivity contribution in [3.63, 3.8) is 0 Å². The van der Waals surface area contributed by atoms with E-state index in [0.29, 0.717) is 13.1 Å². The molecule has 0 aliphatic rings. The lowest BCUT2D eigenvalue weighted by Crippen LogP contribution is -2.48. The van der Waals surface area contributed by atoms with Gasteiger partial charge in [-0.3, -0.25) is 0 Å². The first-order valence-corrected chi connectivity index (χ1v) is 10.5. The molecule has 162 valence electrons. The number of amides is 2. The van der Waals surface area contributed by atoms with Crippen molar-refractivity contribution < 1.29 is 14.7 Å². The second-order valence-electron chi connectivity index (χ2n) is 7.73. The van der Waals surface area contributed by atoms with Crippen LogP contribution in [-0.4, -0.2) is 33.0 Å². The Labute approximate surface area is 186 Å². The number of carboxylic acid groups (broad SMARTS) is 1. The van der Waals surface area contributed by atoms with E-state index in [0.717, 1.165) is 27.6 Å². The van der Waals surface area contributed by atoms with Gasteiger partial charge in [0.25, 0.3) is 0 Å². The Kier molecular flexibility index (Phi) is 6.51. The normalized spacial score (nSPS) is 11.8. The van der Waals surface area contributed by atoms with Gasteiger partial charge in [-0.15, -0.1) is 0 Å². The number of para-hydroxylation sites is 1. The number of nitrogens with one attached hydrogen (secondary N) is 2. The van der Waals surface area contributed by atoms with E-state index < -0.39 is 18.0 Å². The first-order valence-electron chi connectivity index (χ1n) is 10.5. The van der Waals surface area contributed by atoms with Gasteiger partial charge in [-0.2, -0.15) is 0 Å². The molecule has 3 aromatic carbocycles. The van der Waals surface area contributed by atoms with Crippen LogP contribution in [0.3, 0.4) is 0 Å². The van der Waals surface area contributed by atoms with Crippen molar-refractivity contribution in [2.24, 2.45) is 0 Å². The number of aromatic amines is 1. The molecular weight excluding hydrogens is 402 g/mol. The molecule has 4 aromatic rings. The maximum absolute atomic E-state index is 13.2. The fourth-order valence-electron chi connectivity index (χ4n) is 3.77. The van der Waals surface area contributed by atoms with E-state index in [9.17, 15) is 14.7 Å². The zero-order valence-corrected chi connectivity index (χ0v) is 17.6. The Hall–Kier alpha value is -4.06. The van der Waals surface area contributed by atoms with Crippen LogP contribution in [0.15, 0.2) is 91.1 Å². The summed E-state index contributed by atoms with van der Waals surface area (Å²) in [4.78, 5) is 30.0. The van der Waals surface area contributed by atoms with E-state index in [-0.39, 0.29) is 6.42 Å². The fraction of sp³-hybridized carbons (Fsp3) is 0.154. The molecule has 4 rings (SSSR count). The van der Waals surface area contributed by atoms with Crippen molar-refractivity contribution in [3.05, 3.63) is 108 Å². The van der Waals surface area contributed by atoms with Crippen molar-refractivity contribution in [2.75, 3.05) is 0 Å². The zero-order chi connectivity index (χ0) is 22.3. The number of hydrogen-bond acceptors (Lipinski definition) is 2. The molecule has 0 fully saturated rings. The second-order valence-corrected chi connectivity index (χ2v) is 7.73. The Bertz CT molecular complexity index is 1150. The van der Waals surface area contributed by atoms with Crippen LogP contribution in [0.1, 0.15) is 16.7 Å². The molecule has 0 aliphatic carbocycles. The summed E-state index contributed by atoms with van der Waals surface area (Å²) in [5.74, 6) is -1.07. The Morgan fingerprint density at radius 1 is 0.844 bits per heavy atom. The van der Waals surface area contributed by atoms with Crippen molar-refractivity contribution in [2.45, 2.75) is 25.6 Å². The molecule has 1 aromatic heterocycles. The first kappa shape index (κ1) is 21.2. The van der Waals surface area contributed by atoms with Gasteiger partial charge >= 0.3 is 12.0 Å². The lowest BCUT2D eigenvalue weighted by molar-refractivity contribution is -0.139. The molecular formula is C26H25N3O3. The molecule has 0 spiro atoms. The largest absolute Gasteiger partial charge is 0.480 e. The maximum Gasteiger partial charge on any atom is 0.326 e. The summed E-state index contributed by atoms with van der Waals surface area (Å²) in [6, 6.07) is 25.6. The van der Waals surface area contributed by atoms with Gasteiger partial charge < -0.3 is 20.3 Å². The number of carbonyl (C=O) groups is 2. The van der Waals surface area contributed by atoms with E-state index >= 15 is 0 Å². The van der Waals surface area contributed by atoms with Crippen molar-refractivity contribution in [1.82, 2.24) is 15.2 Å². The molecule has 6 nitrogen and oxygen atoms in total. The summed E-state index contributed by atoms with van der Waals surface area (Å²) in [5.41, 5.74) is 3.74. The number of carboxylic acids is 1. The smallest absolute Gasteiger partial charge is 0.326 e. The van der Waals surface area contributed by atoms with Crippen molar-refractivity contribution >= 4 is 22.9 Å². The first-order chi connectivity index (χ1) is 15.6. The number of aromatic nitrogens is 1. The highest BCUT2D eigenvalue weighted by Crippen LogP contribution is 2.19. The van der Waals surface area contributed by atoms with E-state index in [1.54, 1.807) is 11.1 Å². The average Bonchev–Trinajstić information content (AvgIpc) is 3.22. The van der Waals surface area contributed by atoms with Gasteiger partial charge in [0.1, 0.15) is 6.04 Å². The van der Waals surface area contributed by atoms with Crippen LogP contribution in [0.5, 0.6) is 0 Å². The summed E-state index contributed by atoms with van der Waals surface area (Å²) in [6.07, 6.45) is 1.99. The standard InChI is InChI=1S/C26H25N3O3/c30-25(31)24(15-21-16-27-23-14-8-7-13-22(21)23)28-26(32)29(17-19-9-3-1-4-10-19)18-20-11-5-2-6-12-20/h1-14,16,24,27H,15,17-18H2,(H,28,32)(H,30,31). The van der Waals surface area contributed by atoms with Crippen LogP contribution in [0.2, 0.25) is 0 Å². The molecule has 2 amide bonds. The van der Waals surface area contributed by atoms with Gasteiger partial charge in [0.2, 0.25) is 0 Å². The van der Waals surface area contributed by atoms with E-state index in [1.165, 1.54) is 0 Å². The molecule has 1 heterocycles. The number of aliphatic carboxylic acids is 1. The summed E-state index contributed by atoms with van der Waals surface area (Å²) in [6.45, 7) is 0.752. The lowest BCUT2D eigenvalue weighted by atomic mass is 10.1. The van der Waals surface area contributed by atoms with Gasteiger partial charge in [-0.1, -0.05) is 78.9 Å². The van der Waals surface area contributed by atoms with Crippen LogP contribution in [0.25, 0.3) is 10.9 Å². The third kappa shape index (κ3) is 5.16. The van der Waals surface area contributed by atoms with E-state index in [2.05, 4.69) is 10.3 Å². The molecule has 1 atom stereocenters. The van der Waals surface area contributed by atoms with Crippen LogP contribution in [-0.2, 0) is 24.3 Å². The number of carbonyl (C=O) groups excluding carboxylic acids is 1. The zero-order valence-electron chi connectivity index (χ0n) is 17.6. The minimum atomic E-state index is -1.07. The number of H-pyrrole nitrogens is 1. The third-order valence-corrected chi connectivity index (χ3v) is 5.41. The Morgan fingerprint density at radius 3 is 2.00 bits per heavy atom.